The Morgan fingerprint density at radius 2 is 1.88 bits per heavy atom. The molecule has 66 heavy (non-hydrogen) atoms. The van der Waals surface area contributed by atoms with Crippen LogP contribution in [0.2, 0.25) is 0 Å². The summed E-state index contributed by atoms with van der Waals surface area (Å²) >= 11 is 0. The first-order chi connectivity index (χ1) is 31.4. The Morgan fingerprint density at radius 1 is 1.12 bits per heavy atom. The maximum Gasteiger partial charge on any atom is 0.324 e. The molecule has 3 aliphatic rings. The van der Waals surface area contributed by atoms with Gasteiger partial charge in [-0.15, -0.1) is 0 Å². The Bertz CT molecular complexity index is 2600. The lowest BCUT2D eigenvalue weighted by atomic mass is 9.84. The molecular formula is C50H64N8O8. The molecule has 2 aromatic carbocycles. The quantitative estimate of drug-likeness (QED) is 0.142. The fourth-order valence-electron chi connectivity index (χ4n) is 9.85. The molecule has 0 radical (unpaired) electrons. The highest BCUT2D eigenvalue weighted by atomic mass is 16.5. The molecule has 2 fully saturated rings. The van der Waals surface area contributed by atoms with Crippen LogP contribution in [0.4, 0.5) is 0 Å². The van der Waals surface area contributed by atoms with Gasteiger partial charge in [0.25, 0.3) is 11.8 Å². The van der Waals surface area contributed by atoms with Crippen molar-refractivity contribution in [2.75, 3.05) is 40.4 Å². The van der Waals surface area contributed by atoms with E-state index >= 15 is 0 Å². The highest BCUT2D eigenvalue weighted by molar-refractivity contribution is 6.01. The van der Waals surface area contributed by atoms with Gasteiger partial charge in [-0.25, -0.2) is 5.43 Å². The summed E-state index contributed by atoms with van der Waals surface area (Å²) in [7, 11) is 5.11. The van der Waals surface area contributed by atoms with Crippen LogP contribution in [-0.2, 0) is 59.9 Å². The average Bonchev–Trinajstić information content (AvgIpc) is 4.02. The van der Waals surface area contributed by atoms with Gasteiger partial charge in [0.15, 0.2) is 0 Å². The Kier molecular flexibility index (Phi) is 13.9. The number of aromatic hydroxyl groups is 1. The number of fused-ring (bicyclic) bond motifs is 6. The number of hydrogen-bond donors (Lipinski definition) is 3. The molecule has 16 heteroatoms. The van der Waals surface area contributed by atoms with Crippen molar-refractivity contribution in [3.8, 4) is 28.1 Å². The SMILES string of the molecule is C=CC(=O)N1CC[C@H](C(=O)N(C)C(C(=O)N[C@H]2Cc3cc(O)cc(c3)-c3ccc4c(c3)c(c(-c3cnn(C)c3[C@H](C)OC)n4CC)CC(C)(C)COC(=O)[C@@H]3CCCN(N3)C2=O)=C(C)C)C1. The summed E-state index contributed by atoms with van der Waals surface area (Å²) in [5.41, 5.74) is 10.2. The molecule has 2 saturated heterocycles. The van der Waals surface area contributed by atoms with Crippen molar-refractivity contribution in [2.24, 2.45) is 18.4 Å². The second-order valence-corrected chi connectivity index (χ2v) is 18.8. The molecule has 0 spiro atoms. The zero-order valence-corrected chi connectivity index (χ0v) is 39.7. The molecule has 3 N–H and O–H groups in total. The largest absolute Gasteiger partial charge is 0.508 e. The van der Waals surface area contributed by atoms with Gasteiger partial charge >= 0.3 is 5.97 Å². The monoisotopic (exact) mass is 904 g/mol. The Hall–Kier alpha value is -6.26. The number of methoxy groups -OCH3 is 1. The van der Waals surface area contributed by atoms with Gasteiger partial charge in [0.1, 0.15) is 23.5 Å². The number of aryl methyl sites for hydroxylation is 2. The molecule has 3 aliphatic heterocycles. The first-order valence-corrected chi connectivity index (χ1v) is 22.8. The van der Waals surface area contributed by atoms with E-state index in [-0.39, 0.29) is 55.5 Å². The predicted octanol–water partition coefficient (Wildman–Crippen LogP) is 5.58. The molecule has 0 saturated carbocycles. The van der Waals surface area contributed by atoms with Crippen LogP contribution in [0.5, 0.6) is 5.75 Å². The number of hydrogen-bond acceptors (Lipinski definition) is 10. The molecule has 0 aliphatic carbocycles. The minimum absolute atomic E-state index is 0.0222. The van der Waals surface area contributed by atoms with Crippen LogP contribution >= 0.6 is 0 Å². The molecule has 5 heterocycles. The number of rotatable bonds is 9. The number of carbonyl (C=O) groups is 5. The number of carbonyl (C=O) groups excluding carboxylic acids is 5. The number of phenolic OH excluding ortho intramolecular Hbond substituents is 1. The van der Waals surface area contributed by atoms with Crippen molar-refractivity contribution in [3.63, 3.8) is 0 Å². The Morgan fingerprint density at radius 3 is 2.58 bits per heavy atom. The number of ether oxygens (including phenoxy) is 2. The first kappa shape index (κ1) is 47.7. The van der Waals surface area contributed by atoms with Crippen molar-refractivity contribution in [2.45, 2.75) is 98.4 Å². The summed E-state index contributed by atoms with van der Waals surface area (Å²) in [4.78, 5) is 72.1. The lowest BCUT2D eigenvalue weighted by molar-refractivity contribution is -0.155. The van der Waals surface area contributed by atoms with Crippen molar-refractivity contribution in [1.82, 2.24) is 39.9 Å². The second-order valence-electron chi connectivity index (χ2n) is 18.8. The fourth-order valence-corrected chi connectivity index (χ4v) is 9.85. The van der Waals surface area contributed by atoms with Gasteiger partial charge in [-0.05, 0) is 112 Å². The van der Waals surface area contributed by atoms with Gasteiger partial charge in [-0.2, -0.15) is 5.10 Å². The van der Waals surface area contributed by atoms with Crippen molar-refractivity contribution < 1.29 is 38.6 Å². The van der Waals surface area contributed by atoms with E-state index in [1.54, 1.807) is 38.0 Å². The highest BCUT2D eigenvalue weighted by Gasteiger charge is 2.38. The summed E-state index contributed by atoms with van der Waals surface area (Å²) in [6.07, 6.45) is 4.71. The van der Waals surface area contributed by atoms with Crippen LogP contribution in [-0.4, -0.2) is 116 Å². The standard InChI is InChI=1S/C50H64N8O8/c1-11-42(60)56-19-17-33(27-56)47(62)54(8)43(29(3)4)46(61)52-40-22-31-20-34(23-35(59)21-31)32-15-16-41-36(24-32)37(45(57(41)12-2)38-26-51-55(9)44(38)30(5)65-10)25-50(6,7)28-66-49(64)39-14-13-18-58(53-39)48(40)63/h11,15-16,20-21,23-24,26,30,33,39-40,53,59H,1,12-14,17-19,22,25,27-28H2,2-10H3,(H,52,61)/t30-,33-,39-,40-/m0/s1. The summed E-state index contributed by atoms with van der Waals surface area (Å²) in [5.74, 6) is -2.78. The zero-order chi connectivity index (χ0) is 47.8. The van der Waals surface area contributed by atoms with E-state index in [0.717, 1.165) is 39.0 Å². The second kappa shape index (κ2) is 19.3. The van der Waals surface area contributed by atoms with Gasteiger partial charge < -0.3 is 34.3 Å². The van der Waals surface area contributed by atoms with Crippen molar-refractivity contribution >= 4 is 40.5 Å². The maximum atomic E-state index is 14.7. The van der Waals surface area contributed by atoms with Crippen molar-refractivity contribution in [1.29, 1.82) is 0 Å². The van der Waals surface area contributed by atoms with E-state index in [1.807, 2.05) is 37.0 Å². The lowest BCUT2D eigenvalue weighted by Crippen LogP contribution is -2.60. The van der Waals surface area contributed by atoms with Crippen LogP contribution in [0.3, 0.4) is 0 Å². The summed E-state index contributed by atoms with van der Waals surface area (Å²) < 4.78 is 16.1. The lowest BCUT2D eigenvalue weighted by Gasteiger charge is -2.36. The molecule has 4 aromatic rings. The number of esters is 1. The predicted molar refractivity (Wildman–Crippen MR) is 250 cm³/mol. The Balaban J connectivity index is 1.32. The molecule has 16 nitrogen and oxygen atoms in total. The van der Waals surface area contributed by atoms with Gasteiger partial charge in [0, 0.05) is 75.7 Å². The van der Waals surface area contributed by atoms with E-state index in [9.17, 15) is 29.1 Å². The van der Waals surface area contributed by atoms with Crippen LogP contribution in [0.15, 0.2) is 66.5 Å². The number of hydrazine groups is 1. The van der Waals surface area contributed by atoms with E-state index in [0.29, 0.717) is 55.5 Å². The summed E-state index contributed by atoms with van der Waals surface area (Å²) in [6.45, 7) is 16.8. The molecule has 7 rings (SSSR count). The molecule has 6 bridgehead atoms. The zero-order valence-electron chi connectivity index (χ0n) is 39.7. The van der Waals surface area contributed by atoms with Crippen molar-refractivity contribution in [3.05, 3.63) is 83.3 Å². The number of benzene rings is 2. The topological polar surface area (TPSA) is 181 Å². The smallest absolute Gasteiger partial charge is 0.324 e. The average molecular weight is 905 g/mol. The minimum atomic E-state index is -1.20. The Labute approximate surface area is 386 Å². The van der Waals surface area contributed by atoms with Gasteiger partial charge in [0.05, 0.1) is 36.2 Å². The number of nitrogens with one attached hydrogen (secondary N) is 2. The van der Waals surface area contributed by atoms with E-state index in [4.69, 9.17) is 9.47 Å². The summed E-state index contributed by atoms with van der Waals surface area (Å²) in [5, 5.41) is 21.3. The van der Waals surface area contributed by atoms with Crippen LogP contribution in [0.25, 0.3) is 33.3 Å². The third-order valence-electron chi connectivity index (χ3n) is 13.2. The third kappa shape index (κ3) is 9.52. The molecule has 4 atom stereocenters. The number of aromatic nitrogens is 3. The molecular weight excluding hydrogens is 841 g/mol. The number of phenols is 1. The van der Waals surface area contributed by atoms with Crippen LogP contribution < -0.4 is 10.7 Å². The molecule has 352 valence electrons. The van der Waals surface area contributed by atoms with E-state index < -0.39 is 41.2 Å². The number of allylic oxidation sites excluding steroid dienone is 1. The molecule has 2 aromatic heterocycles. The van der Waals surface area contributed by atoms with E-state index in [2.05, 4.69) is 59.9 Å². The normalized spacial score (nSPS) is 20.3. The highest BCUT2D eigenvalue weighted by Crippen LogP contribution is 2.42. The molecule has 0 unspecified atom stereocenters. The minimum Gasteiger partial charge on any atom is -0.508 e. The van der Waals surface area contributed by atoms with Crippen LogP contribution in [0, 0.1) is 11.3 Å². The van der Waals surface area contributed by atoms with E-state index in [1.165, 1.54) is 23.0 Å². The van der Waals surface area contributed by atoms with Crippen LogP contribution in [0.1, 0.15) is 83.7 Å². The number of amides is 4. The fraction of sp³-hybridized carbons (Fsp3) is 0.480. The number of likely N-dealkylation sites (tertiary alicyclic amines) is 1. The molecule has 4 amide bonds. The number of nitrogens with zero attached hydrogens (tertiary/aromatic N) is 6. The maximum absolute atomic E-state index is 14.7. The van der Waals surface area contributed by atoms with Gasteiger partial charge in [-0.3, -0.25) is 33.7 Å². The third-order valence-corrected chi connectivity index (χ3v) is 13.2. The van der Waals surface area contributed by atoms with Gasteiger partial charge in [0.2, 0.25) is 11.8 Å². The first-order valence-electron chi connectivity index (χ1n) is 22.8. The summed E-state index contributed by atoms with van der Waals surface area (Å²) in [6, 6.07) is 9.36. The van der Waals surface area contributed by atoms with Gasteiger partial charge in [-0.1, -0.05) is 32.6 Å². The number of cyclic esters (lactones) is 1. The number of likely N-dealkylation sites (N-methyl/N-ethyl adjacent to an activating group) is 1.